The van der Waals surface area contributed by atoms with E-state index >= 15 is 0 Å². The van der Waals surface area contributed by atoms with E-state index in [1.807, 2.05) is 18.2 Å². The van der Waals surface area contributed by atoms with Crippen molar-refractivity contribution in [2.75, 3.05) is 20.8 Å². The number of hydrogen-bond donors (Lipinski definition) is 0. The summed E-state index contributed by atoms with van der Waals surface area (Å²) < 4.78 is 4.86. The molecular weight excluding hydrogens is 226 g/mol. The fourth-order valence-electron chi connectivity index (χ4n) is 2.01. The van der Waals surface area contributed by atoms with Gasteiger partial charge in [0.1, 0.15) is 6.61 Å². The highest BCUT2D eigenvalue weighted by atomic mass is 16.5. The van der Waals surface area contributed by atoms with Gasteiger partial charge in [0.25, 0.3) is 0 Å². The topological polar surface area (TPSA) is 29.5 Å². The zero-order valence-corrected chi connectivity index (χ0v) is 10.7. The number of methoxy groups -OCH3 is 1. The maximum Gasteiger partial charge on any atom is 0.248 e. The molecule has 0 fully saturated rings. The Morgan fingerprint density at radius 3 is 2.67 bits per heavy atom. The third kappa shape index (κ3) is 2.68. The van der Waals surface area contributed by atoms with Crippen LogP contribution < -0.4 is 0 Å². The molecule has 0 unspecified atom stereocenters. The Morgan fingerprint density at radius 2 is 1.89 bits per heavy atom. The van der Waals surface area contributed by atoms with Crippen LogP contribution in [0.25, 0.3) is 10.8 Å². The van der Waals surface area contributed by atoms with Gasteiger partial charge in [-0.3, -0.25) is 4.79 Å². The van der Waals surface area contributed by atoms with Crippen LogP contribution in [0.15, 0.2) is 42.5 Å². The molecule has 2 rings (SSSR count). The van der Waals surface area contributed by atoms with Crippen LogP contribution >= 0.6 is 0 Å². The second kappa shape index (κ2) is 5.65. The first-order valence-electron chi connectivity index (χ1n) is 5.92. The highest BCUT2D eigenvalue weighted by Crippen LogP contribution is 2.19. The smallest absolute Gasteiger partial charge is 0.248 e. The number of hydrogen-bond acceptors (Lipinski definition) is 2. The molecule has 0 aliphatic rings. The first-order chi connectivity index (χ1) is 8.72. The SMILES string of the molecule is COCC(=O)N(C)Cc1cccc2ccccc12. The highest BCUT2D eigenvalue weighted by Gasteiger charge is 2.10. The molecule has 1 amide bonds. The lowest BCUT2D eigenvalue weighted by Crippen LogP contribution is -2.29. The molecule has 0 aliphatic heterocycles. The summed E-state index contributed by atoms with van der Waals surface area (Å²) in [5, 5.41) is 2.39. The Kier molecular flexibility index (Phi) is 3.95. The Labute approximate surface area is 107 Å². The number of carbonyl (C=O) groups is 1. The van der Waals surface area contributed by atoms with E-state index in [-0.39, 0.29) is 12.5 Å². The van der Waals surface area contributed by atoms with Gasteiger partial charge in [-0.1, -0.05) is 42.5 Å². The fraction of sp³-hybridized carbons (Fsp3) is 0.267. The van der Waals surface area contributed by atoms with Gasteiger partial charge in [-0.05, 0) is 16.3 Å². The minimum atomic E-state index is -0.00886. The number of fused-ring (bicyclic) bond motifs is 1. The van der Waals surface area contributed by atoms with Crippen molar-refractivity contribution >= 4 is 16.7 Å². The molecule has 0 bridgehead atoms. The minimum Gasteiger partial charge on any atom is -0.375 e. The van der Waals surface area contributed by atoms with Crippen molar-refractivity contribution in [2.45, 2.75) is 6.54 Å². The molecule has 3 heteroatoms. The number of ether oxygens (including phenoxy) is 1. The van der Waals surface area contributed by atoms with Gasteiger partial charge in [-0.15, -0.1) is 0 Å². The molecule has 0 aromatic heterocycles. The second-order valence-corrected chi connectivity index (χ2v) is 4.32. The summed E-state index contributed by atoms with van der Waals surface area (Å²) in [5.41, 5.74) is 1.15. The summed E-state index contributed by atoms with van der Waals surface area (Å²) in [6, 6.07) is 14.4. The lowest BCUT2D eigenvalue weighted by atomic mass is 10.0. The number of carbonyl (C=O) groups excluding carboxylic acids is 1. The third-order valence-corrected chi connectivity index (χ3v) is 2.98. The van der Waals surface area contributed by atoms with E-state index in [4.69, 9.17) is 4.74 Å². The molecule has 2 aromatic rings. The van der Waals surface area contributed by atoms with Crippen molar-refractivity contribution in [3.05, 3.63) is 48.0 Å². The Morgan fingerprint density at radius 1 is 1.17 bits per heavy atom. The van der Waals surface area contributed by atoms with Gasteiger partial charge in [-0.25, -0.2) is 0 Å². The van der Waals surface area contributed by atoms with Crippen LogP contribution in [0.4, 0.5) is 0 Å². The van der Waals surface area contributed by atoms with Crippen molar-refractivity contribution in [3.8, 4) is 0 Å². The highest BCUT2D eigenvalue weighted by molar-refractivity contribution is 5.86. The van der Waals surface area contributed by atoms with Crippen LogP contribution in [-0.2, 0) is 16.1 Å². The number of nitrogens with zero attached hydrogens (tertiary/aromatic N) is 1. The van der Waals surface area contributed by atoms with Gasteiger partial charge in [0.2, 0.25) is 5.91 Å². The molecule has 3 nitrogen and oxygen atoms in total. The molecule has 0 aliphatic carbocycles. The van der Waals surface area contributed by atoms with Crippen molar-refractivity contribution in [1.29, 1.82) is 0 Å². The van der Waals surface area contributed by atoms with Crippen molar-refractivity contribution < 1.29 is 9.53 Å². The molecule has 0 atom stereocenters. The van der Waals surface area contributed by atoms with E-state index < -0.39 is 0 Å². The molecule has 0 spiro atoms. The van der Waals surface area contributed by atoms with Crippen LogP contribution in [0.2, 0.25) is 0 Å². The van der Waals surface area contributed by atoms with E-state index in [1.54, 1.807) is 11.9 Å². The van der Waals surface area contributed by atoms with Crippen LogP contribution in [0.1, 0.15) is 5.56 Å². The first kappa shape index (κ1) is 12.6. The van der Waals surface area contributed by atoms with E-state index in [0.717, 1.165) is 5.56 Å². The van der Waals surface area contributed by atoms with E-state index in [0.29, 0.717) is 6.54 Å². The predicted molar refractivity (Wildman–Crippen MR) is 72.3 cm³/mol. The summed E-state index contributed by atoms with van der Waals surface area (Å²) in [7, 11) is 3.33. The molecule has 0 heterocycles. The molecule has 18 heavy (non-hydrogen) atoms. The zero-order chi connectivity index (χ0) is 13.0. The van der Waals surface area contributed by atoms with Gasteiger partial charge in [-0.2, -0.15) is 0 Å². The standard InChI is InChI=1S/C15H17NO2/c1-16(15(17)11-18-2)10-13-8-5-7-12-6-3-4-9-14(12)13/h3-9H,10-11H2,1-2H3. The lowest BCUT2D eigenvalue weighted by molar-refractivity contribution is -0.134. The number of benzene rings is 2. The van der Waals surface area contributed by atoms with E-state index in [2.05, 4.69) is 24.3 Å². The fourth-order valence-corrected chi connectivity index (χ4v) is 2.01. The van der Waals surface area contributed by atoms with E-state index in [1.165, 1.54) is 17.9 Å². The third-order valence-electron chi connectivity index (χ3n) is 2.98. The summed E-state index contributed by atoms with van der Waals surface area (Å²) in [5.74, 6) is -0.00886. The lowest BCUT2D eigenvalue weighted by Gasteiger charge is -2.18. The molecule has 0 N–H and O–H groups in total. The van der Waals surface area contributed by atoms with Crippen molar-refractivity contribution in [2.24, 2.45) is 0 Å². The second-order valence-electron chi connectivity index (χ2n) is 4.32. The van der Waals surface area contributed by atoms with Crippen molar-refractivity contribution in [3.63, 3.8) is 0 Å². The van der Waals surface area contributed by atoms with E-state index in [9.17, 15) is 4.79 Å². The summed E-state index contributed by atoms with van der Waals surface area (Å²) in [4.78, 5) is 13.4. The minimum absolute atomic E-state index is 0.00886. The van der Waals surface area contributed by atoms with Crippen molar-refractivity contribution in [1.82, 2.24) is 4.90 Å². The largest absolute Gasteiger partial charge is 0.375 e. The van der Waals surface area contributed by atoms with Crippen LogP contribution in [0.3, 0.4) is 0 Å². The molecular formula is C15H17NO2. The predicted octanol–water partition coefficient (Wildman–Crippen LogP) is 2.44. The maximum absolute atomic E-state index is 11.7. The Hall–Kier alpha value is -1.87. The number of rotatable bonds is 4. The normalized spacial score (nSPS) is 10.6. The Bertz CT molecular complexity index is 546. The maximum atomic E-state index is 11.7. The monoisotopic (exact) mass is 243 g/mol. The van der Waals surface area contributed by atoms with Gasteiger partial charge in [0.05, 0.1) is 0 Å². The molecule has 2 aromatic carbocycles. The van der Waals surface area contributed by atoms with Gasteiger partial charge in [0, 0.05) is 20.7 Å². The molecule has 94 valence electrons. The summed E-state index contributed by atoms with van der Waals surface area (Å²) in [6.45, 7) is 0.727. The molecule has 0 saturated heterocycles. The quantitative estimate of drug-likeness (QED) is 0.825. The number of likely N-dealkylation sites (N-methyl/N-ethyl adjacent to an activating group) is 1. The van der Waals surface area contributed by atoms with Crippen LogP contribution in [-0.4, -0.2) is 31.6 Å². The first-order valence-corrected chi connectivity index (χ1v) is 5.92. The van der Waals surface area contributed by atoms with Gasteiger partial charge < -0.3 is 9.64 Å². The van der Waals surface area contributed by atoms with Gasteiger partial charge in [0.15, 0.2) is 0 Å². The van der Waals surface area contributed by atoms with Gasteiger partial charge >= 0.3 is 0 Å². The van der Waals surface area contributed by atoms with Crippen LogP contribution in [0, 0.1) is 0 Å². The van der Waals surface area contributed by atoms with Crippen LogP contribution in [0.5, 0.6) is 0 Å². The molecule has 0 saturated carbocycles. The number of amides is 1. The average Bonchev–Trinajstić information content (AvgIpc) is 2.39. The summed E-state index contributed by atoms with van der Waals surface area (Å²) >= 11 is 0. The summed E-state index contributed by atoms with van der Waals surface area (Å²) in [6.07, 6.45) is 0. The molecule has 0 radical (unpaired) electrons. The Balaban J connectivity index is 2.24. The zero-order valence-electron chi connectivity index (χ0n) is 10.7. The average molecular weight is 243 g/mol.